The molecule has 322 valence electrons. The van der Waals surface area contributed by atoms with Crippen LogP contribution in [0.2, 0.25) is 0 Å². The number of likely N-dealkylation sites (tertiary alicyclic amines) is 1. The second kappa shape index (κ2) is 25.8. The third kappa shape index (κ3) is 18.0. The van der Waals surface area contributed by atoms with Gasteiger partial charge in [0.1, 0.15) is 36.3 Å². The van der Waals surface area contributed by atoms with E-state index in [0.29, 0.717) is 19.3 Å². The Hall–Kier alpha value is -5.27. The molecule has 19 N–H and O–H groups in total. The molecule has 0 spiro atoms. The molecule has 25 heteroatoms. The minimum absolute atomic E-state index is 0.0102. The van der Waals surface area contributed by atoms with Crippen LogP contribution in [-0.2, 0) is 43.2 Å². The van der Waals surface area contributed by atoms with E-state index in [0.717, 1.165) is 0 Å². The molecule has 1 saturated heterocycles. The van der Waals surface area contributed by atoms with Gasteiger partial charge in [0.15, 0.2) is 5.96 Å². The first-order chi connectivity index (χ1) is 26.9. The molecule has 8 amide bonds. The normalized spacial score (nSPS) is 16.7. The van der Waals surface area contributed by atoms with E-state index < -0.39 is 109 Å². The number of aliphatic hydroxyl groups is 1. The number of hydrogen-bond donors (Lipinski definition) is 14. The van der Waals surface area contributed by atoms with E-state index in [-0.39, 0.29) is 69.9 Å². The zero-order valence-electron chi connectivity index (χ0n) is 31.5. The summed E-state index contributed by atoms with van der Waals surface area (Å²) >= 11 is 3.95. The van der Waals surface area contributed by atoms with Gasteiger partial charge in [0.2, 0.25) is 47.3 Å². The molecule has 57 heavy (non-hydrogen) atoms. The maximum Gasteiger partial charge on any atom is 0.328 e. The number of rotatable bonds is 27. The van der Waals surface area contributed by atoms with Crippen molar-refractivity contribution in [2.45, 2.75) is 107 Å². The van der Waals surface area contributed by atoms with E-state index in [1.54, 1.807) is 0 Å². The third-order valence-corrected chi connectivity index (χ3v) is 9.05. The number of nitrogens with two attached hydrogens (primary N) is 6. The summed E-state index contributed by atoms with van der Waals surface area (Å²) in [5, 5.41) is 30.6. The Bertz CT molecular complexity index is 1470. The number of aliphatic hydroxyl groups excluding tert-OH is 1. The number of amides is 8. The van der Waals surface area contributed by atoms with Crippen molar-refractivity contribution >= 4 is 71.8 Å². The van der Waals surface area contributed by atoms with Crippen molar-refractivity contribution in [2.24, 2.45) is 39.4 Å². The molecular formula is C32H57N13O11S. The number of aliphatic carboxylic acids is 1. The first-order valence-corrected chi connectivity index (χ1v) is 18.8. The van der Waals surface area contributed by atoms with Gasteiger partial charge in [-0.05, 0) is 57.9 Å². The highest BCUT2D eigenvalue weighted by Crippen LogP contribution is 2.21. The van der Waals surface area contributed by atoms with Crippen LogP contribution in [0.4, 0.5) is 0 Å². The SMILES string of the molecule is NCCCCC(NC(=O)C(CC(N)=O)NC(=O)C(CCC(N)=O)NC(=O)C(N)CS)C(=O)N1CCCC1C(=O)NC(CCCN=C(N)N)C(=O)NC(CO)C(=O)O. The molecule has 0 aliphatic carbocycles. The van der Waals surface area contributed by atoms with Crippen molar-refractivity contribution in [3.8, 4) is 0 Å². The number of aliphatic imine (C=N–C) groups is 1. The second-order valence-electron chi connectivity index (χ2n) is 13.2. The minimum Gasteiger partial charge on any atom is -0.480 e. The van der Waals surface area contributed by atoms with Crippen molar-refractivity contribution in [1.29, 1.82) is 0 Å². The van der Waals surface area contributed by atoms with Crippen LogP contribution in [-0.4, -0.2) is 149 Å². The summed E-state index contributed by atoms with van der Waals surface area (Å²) in [6.45, 7) is -0.568. The van der Waals surface area contributed by atoms with Crippen LogP contribution >= 0.6 is 12.6 Å². The average Bonchev–Trinajstić information content (AvgIpc) is 3.65. The van der Waals surface area contributed by atoms with Crippen LogP contribution in [0.15, 0.2) is 4.99 Å². The number of thiol groups is 1. The summed E-state index contributed by atoms with van der Waals surface area (Å²) in [6.07, 6.45) is -0.0252. The molecule has 24 nitrogen and oxygen atoms in total. The van der Waals surface area contributed by atoms with Gasteiger partial charge in [-0.25, -0.2) is 4.79 Å². The number of carbonyl (C=O) groups is 9. The van der Waals surface area contributed by atoms with E-state index in [1.807, 2.05) is 0 Å². The monoisotopic (exact) mass is 831 g/mol. The van der Waals surface area contributed by atoms with Gasteiger partial charge in [-0.1, -0.05) is 0 Å². The highest BCUT2D eigenvalue weighted by molar-refractivity contribution is 7.80. The van der Waals surface area contributed by atoms with E-state index in [4.69, 9.17) is 34.4 Å². The summed E-state index contributed by atoms with van der Waals surface area (Å²) < 4.78 is 0. The van der Waals surface area contributed by atoms with Crippen molar-refractivity contribution in [2.75, 3.05) is 32.0 Å². The predicted octanol–water partition coefficient (Wildman–Crippen LogP) is -6.94. The van der Waals surface area contributed by atoms with Crippen molar-refractivity contribution in [1.82, 2.24) is 31.5 Å². The van der Waals surface area contributed by atoms with E-state index in [1.165, 1.54) is 4.90 Å². The number of hydrogen-bond acceptors (Lipinski definition) is 14. The Kier molecular flexibility index (Phi) is 22.5. The van der Waals surface area contributed by atoms with Gasteiger partial charge in [0, 0.05) is 25.3 Å². The highest BCUT2D eigenvalue weighted by atomic mass is 32.1. The van der Waals surface area contributed by atoms with Crippen molar-refractivity contribution in [3.63, 3.8) is 0 Å². The zero-order chi connectivity index (χ0) is 43.2. The molecule has 0 aromatic rings. The quantitative estimate of drug-likeness (QED) is 0.0158. The molecular weight excluding hydrogens is 774 g/mol. The van der Waals surface area contributed by atoms with Gasteiger partial charge in [-0.15, -0.1) is 0 Å². The molecule has 7 atom stereocenters. The fraction of sp³-hybridized carbons (Fsp3) is 0.688. The first-order valence-electron chi connectivity index (χ1n) is 18.2. The molecule has 1 heterocycles. The number of unbranched alkanes of at least 4 members (excludes halogenated alkanes) is 1. The molecule has 0 radical (unpaired) electrons. The number of nitrogens with zero attached hydrogens (tertiary/aromatic N) is 2. The summed E-state index contributed by atoms with van der Waals surface area (Å²) in [5.41, 5.74) is 32.6. The standard InChI is InChI=1S/C32H57N13O11S/c33-10-2-1-5-19(42-28(52)20(13-24(36)48)43-27(51)18(8-9-23(35)47)40-25(49)16(34)15-57)30(54)45-12-4-7-22(45)29(53)41-17(6-3-11-39-32(37)38)26(50)44-21(14-46)31(55)56/h16-22,46,57H,1-15,33-34H2,(H2,35,47)(H2,36,48)(H,40,49)(H,41,53)(H,42,52)(H,43,51)(H,44,50)(H,55,56)(H4,37,38,39). The minimum atomic E-state index is -1.67. The Morgan fingerprint density at radius 2 is 1.30 bits per heavy atom. The summed E-state index contributed by atoms with van der Waals surface area (Å²) in [7, 11) is 0. The van der Waals surface area contributed by atoms with Gasteiger partial charge in [0.25, 0.3) is 0 Å². The predicted molar refractivity (Wildman–Crippen MR) is 206 cm³/mol. The Labute approximate surface area is 334 Å². The molecule has 0 bridgehead atoms. The molecule has 1 aliphatic heterocycles. The van der Waals surface area contributed by atoms with Crippen LogP contribution in [0.5, 0.6) is 0 Å². The zero-order valence-corrected chi connectivity index (χ0v) is 32.4. The molecule has 0 saturated carbocycles. The molecule has 0 aromatic carbocycles. The summed E-state index contributed by atoms with van der Waals surface area (Å²) in [6, 6.07) is -9.70. The number of carboxylic acid groups (broad SMARTS) is 1. The third-order valence-electron chi connectivity index (χ3n) is 8.66. The number of nitrogens with one attached hydrogen (secondary N) is 5. The maximum absolute atomic E-state index is 14.1. The smallest absolute Gasteiger partial charge is 0.328 e. The second-order valence-corrected chi connectivity index (χ2v) is 13.6. The van der Waals surface area contributed by atoms with Crippen LogP contribution < -0.4 is 61.0 Å². The lowest BCUT2D eigenvalue weighted by Crippen LogP contribution is -2.60. The fourth-order valence-corrected chi connectivity index (χ4v) is 5.79. The molecule has 7 unspecified atom stereocenters. The van der Waals surface area contributed by atoms with E-state index >= 15 is 0 Å². The van der Waals surface area contributed by atoms with Crippen molar-refractivity contribution in [3.05, 3.63) is 0 Å². The lowest BCUT2D eigenvalue weighted by atomic mass is 10.0. The fourth-order valence-electron chi connectivity index (χ4n) is 5.62. The Balaban J connectivity index is 3.33. The molecule has 1 aliphatic rings. The maximum atomic E-state index is 14.1. The number of carbonyl (C=O) groups excluding carboxylic acids is 8. The lowest BCUT2D eigenvalue weighted by molar-refractivity contribution is -0.144. The van der Waals surface area contributed by atoms with Gasteiger partial charge in [-0.3, -0.25) is 43.3 Å². The molecule has 0 aromatic heterocycles. The van der Waals surface area contributed by atoms with Crippen LogP contribution in [0, 0.1) is 0 Å². The Morgan fingerprint density at radius 1 is 0.737 bits per heavy atom. The highest BCUT2D eigenvalue weighted by Gasteiger charge is 2.40. The van der Waals surface area contributed by atoms with Gasteiger partial charge >= 0.3 is 5.97 Å². The first kappa shape index (κ1) is 49.7. The topological polar surface area (TPSA) is 426 Å². The summed E-state index contributed by atoms with van der Waals surface area (Å²) in [4.78, 5) is 120. The number of carboxylic acids is 1. The van der Waals surface area contributed by atoms with Gasteiger partial charge < -0.3 is 76.1 Å². The van der Waals surface area contributed by atoms with Gasteiger partial charge in [0.05, 0.1) is 19.1 Å². The number of guanidine groups is 1. The number of primary amides is 2. The van der Waals surface area contributed by atoms with Crippen molar-refractivity contribution < 1.29 is 53.4 Å². The van der Waals surface area contributed by atoms with E-state index in [9.17, 15) is 53.4 Å². The molecule has 1 rings (SSSR count). The molecule has 1 fully saturated rings. The van der Waals surface area contributed by atoms with Gasteiger partial charge in [-0.2, -0.15) is 12.6 Å². The van der Waals surface area contributed by atoms with E-state index in [2.05, 4.69) is 44.2 Å². The lowest BCUT2D eigenvalue weighted by Gasteiger charge is -2.31. The largest absolute Gasteiger partial charge is 0.480 e. The summed E-state index contributed by atoms with van der Waals surface area (Å²) in [5.74, 6) is -8.86. The average molecular weight is 832 g/mol. The van der Waals surface area contributed by atoms with Crippen LogP contribution in [0.25, 0.3) is 0 Å². The Morgan fingerprint density at radius 3 is 1.84 bits per heavy atom. The van der Waals surface area contributed by atoms with Crippen LogP contribution in [0.3, 0.4) is 0 Å². The van der Waals surface area contributed by atoms with Crippen LogP contribution in [0.1, 0.15) is 64.2 Å².